The molecule has 0 radical (unpaired) electrons. The summed E-state index contributed by atoms with van der Waals surface area (Å²) in [6.45, 7) is 6.49. The molecule has 2 unspecified atom stereocenters. The Kier molecular flexibility index (Phi) is 4.14. The fourth-order valence-electron chi connectivity index (χ4n) is 1.55. The van der Waals surface area contributed by atoms with Gasteiger partial charge in [0.1, 0.15) is 0 Å². The zero-order valence-corrected chi connectivity index (χ0v) is 10.6. The van der Waals surface area contributed by atoms with Crippen LogP contribution in [0.1, 0.15) is 37.4 Å². The molecule has 0 fully saturated rings. The van der Waals surface area contributed by atoms with E-state index in [2.05, 4.69) is 54.9 Å². The highest BCUT2D eigenvalue weighted by Gasteiger charge is 2.15. The summed E-state index contributed by atoms with van der Waals surface area (Å²) in [6.07, 6.45) is 1.12. The van der Waals surface area contributed by atoms with Crippen LogP contribution in [0.25, 0.3) is 0 Å². The summed E-state index contributed by atoms with van der Waals surface area (Å²) in [6, 6.07) is 6.38. The normalized spacial score (nSPS) is 15.2. The monoisotopic (exact) mass is 255 g/mol. The molecule has 2 atom stereocenters. The van der Waals surface area contributed by atoms with E-state index >= 15 is 0 Å². The number of benzene rings is 1. The van der Waals surface area contributed by atoms with Crippen LogP contribution in [-0.4, -0.2) is 0 Å². The molecule has 0 bridgehead atoms. The Hall–Kier alpha value is -0.340. The first-order chi connectivity index (χ1) is 6.57. The molecule has 14 heavy (non-hydrogen) atoms. The van der Waals surface area contributed by atoms with E-state index in [4.69, 9.17) is 5.73 Å². The Morgan fingerprint density at radius 1 is 1.43 bits per heavy atom. The van der Waals surface area contributed by atoms with Crippen molar-refractivity contribution in [2.75, 3.05) is 0 Å². The third-order valence-electron chi connectivity index (χ3n) is 2.93. The predicted octanol–water partition coefficient (Wildman–Crippen LogP) is 3.80. The summed E-state index contributed by atoms with van der Waals surface area (Å²) in [5, 5.41) is 0. The molecule has 1 aromatic carbocycles. The predicted molar refractivity (Wildman–Crippen MR) is 65.3 cm³/mol. The number of hydrogen-bond acceptors (Lipinski definition) is 1. The molecule has 2 heteroatoms. The Balaban J connectivity index is 3.01. The van der Waals surface area contributed by atoms with Gasteiger partial charge < -0.3 is 5.73 Å². The van der Waals surface area contributed by atoms with Crippen molar-refractivity contribution < 1.29 is 0 Å². The average Bonchev–Trinajstić information content (AvgIpc) is 2.20. The molecular weight excluding hydrogens is 238 g/mol. The highest BCUT2D eigenvalue weighted by molar-refractivity contribution is 9.10. The fourth-order valence-corrected chi connectivity index (χ4v) is 1.93. The molecule has 1 rings (SSSR count). The second kappa shape index (κ2) is 4.94. The van der Waals surface area contributed by atoms with E-state index in [0.717, 1.165) is 10.9 Å². The lowest BCUT2D eigenvalue weighted by atomic mass is 9.91. The average molecular weight is 256 g/mol. The van der Waals surface area contributed by atoms with Crippen LogP contribution in [0.3, 0.4) is 0 Å². The molecule has 0 spiro atoms. The maximum atomic E-state index is 6.20. The zero-order chi connectivity index (χ0) is 10.7. The van der Waals surface area contributed by atoms with Gasteiger partial charge in [0.05, 0.1) is 0 Å². The lowest BCUT2D eigenvalue weighted by Gasteiger charge is -2.21. The minimum Gasteiger partial charge on any atom is -0.324 e. The smallest absolute Gasteiger partial charge is 0.0323 e. The van der Waals surface area contributed by atoms with E-state index < -0.39 is 0 Å². The maximum Gasteiger partial charge on any atom is 0.0323 e. The van der Waals surface area contributed by atoms with Crippen LogP contribution in [-0.2, 0) is 0 Å². The molecule has 0 amide bonds. The lowest BCUT2D eigenvalue weighted by Crippen LogP contribution is -2.19. The number of nitrogens with two attached hydrogens (primary N) is 1. The van der Waals surface area contributed by atoms with Gasteiger partial charge >= 0.3 is 0 Å². The Labute approximate surface area is 94.8 Å². The van der Waals surface area contributed by atoms with Gasteiger partial charge in [-0.1, -0.05) is 48.3 Å². The van der Waals surface area contributed by atoms with Crippen molar-refractivity contribution >= 4 is 15.9 Å². The molecule has 2 N–H and O–H groups in total. The van der Waals surface area contributed by atoms with Crippen LogP contribution in [0.2, 0.25) is 0 Å². The van der Waals surface area contributed by atoms with Gasteiger partial charge in [-0.2, -0.15) is 0 Å². The van der Waals surface area contributed by atoms with Crippen molar-refractivity contribution in [1.82, 2.24) is 0 Å². The third-order valence-corrected chi connectivity index (χ3v) is 3.78. The van der Waals surface area contributed by atoms with Gasteiger partial charge in [0.15, 0.2) is 0 Å². The molecule has 1 nitrogen and oxygen atoms in total. The first-order valence-electron chi connectivity index (χ1n) is 5.08. The van der Waals surface area contributed by atoms with Gasteiger partial charge in [0.25, 0.3) is 0 Å². The second-order valence-electron chi connectivity index (χ2n) is 3.87. The summed E-state index contributed by atoms with van der Waals surface area (Å²) in [4.78, 5) is 0. The number of halogens is 1. The van der Waals surface area contributed by atoms with Crippen molar-refractivity contribution in [2.45, 2.75) is 33.2 Å². The fraction of sp³-hybridized carbons (Fsp3) is 0.500. The van der Waals surface area contributed by atoms with E-state index in [1.165, 1.54) is 11.1 Å². The van der Waals surface area contributed by atoms with Crippen LogP contribution < -0.4 is 5.73 Å². The SMILES string of the molecule is CCC(C)C(N)c1cccc(Br)c1C. The molecular formula is C12H18BrN. The van der Waals surface area contributed by atoms with Crippen LogP contribution in [0.15, 0.2) is 22.7 Å². The van der Waals surface area contributed by atoms with Gasteiger partial charge in [-0.25, -0.2) is 0 Å². The summed E-state index contributed by atoms with van der Waals surface area (Å²) < 4.78 is 1.15. The van der Waals surface area contributed by atoms with Crippen LogP contribution in [0, 0.1) is 12.8 Å². The molecule has 0 heterocycles. The Morgan fingerprint density at radius 3 is 2.64 bits per heavy atom. The van der Waals surface area contributed by atoms with Gasteiger partial charge in [-0.15, -0.1) is 0 Å². The van der Waals surface area contributed by atoms with Gasteiger partial charge in [0.2, 0.25) is 0 Å². The van der Waals surface area contributed by atoms with Gasteiger partial charge in [0, 0.05) is 10.5 Å². The summed E-state index contributed by atoms with van der Waals surface area (Å²) in [5.74, 6) is 0.531. The summed E-state index contributed by atoms with van der Waals surface area (Å²) in [5.41, 5.74) is 8.72. The van der Waals surface area contributed by atoms with E-state index in [0.29, 0.717) is 5.92 Å². The second-order valence-corrected chi connectivity index (χ2v) is 4.72. The quantitative estimate of drug-likeness (QED) is 0.874. The van der Waals surface area contributed by atoms with Crippen LogP contribution >= 0.6 is 15.9 Å². The van der Waals surface area contributed by atoms with Crippen molar-refractivity contribution in [3.63, 3.8) is 0 Å². The largest absolute Gasteiger partial charge is 0.324 e. The Bertz CT molecular complexity index is 309. The van der Waals surface area contributed by atoms with Crippen LogP contribution in [0.5, 0.6) is 0 Å². The minimum absolute atomic E-state index is 0.150. The number of rotatable bonds is 3. The highest BCUT2D eigenvalue weighted by Crippen LogP contribution is 2.28. The van der Waals surface area contributed by atoms with Crippen molar-refractivity contribution in [1.29, 1.82) is 0 Å². The molecule has 0 aromatic heterocycles. The summed E-state index contributed by atoms with van der Waals surface area (Å²) >= 11 is 3.53. The molecule has 1 aromatic rings. The molecule has 0 aliphatic carbocycles. The van der Waals surface area contributed by atoms with Crippen molar-refractivity contribution in [2.24, 2.45) is 11.7 Å². The molecule has 0 aliphatic heterocycles. The van der Waals surface area contributed by atoms with E-state index in [-0.39, 0.29) is 6.04 Å². The van der Waals surface area contributed by atoms with E-state index in [9.17, 15) is 0 Å². The van der Waals surface area contributed by atoms with Gasteiger partial charge in [-0.3, -0.25) is 0 Å². The molecule has 0 saturated carbocycles. The Morgan fingerprint density at radius 2 is 2.07 bits per heavy atom. The third kappa shape index (κ3) is 2.37. The van der Waals surface area contributed by atoms with Crippen molar-refractivity contribution in [3.8, 4) is 0 Å². The van der Waals surface area contributed by atoms with Crippen LogP contribution in [0.4, 0.5) is 0 Å². The zero-order valence-electron chi connectivity index (χ0n) is 9.05. The molecule has 78 valence electrons. The van der Waals surface area contributed by atoms with Gasteiger partial charge in [-0.05, 0) is 30.0 Å². The molecule has 0 saturated heterocycles. The first-order valence-corrected chi connectivity index (χ1v) is 5.87. The lowest BCUT2D eigenvalue weighted by molar-refractivity contribution is 0.455. The number of hydrogen-bond donors (Lipinski definition) is 1. The maximum absolute atomic E-state index is 6.20. The molecule has 0 aliphatic rings. The summed E-state index contributed by atoms with van der Waals surface area (Å²) in [7, 11) is 0. The van der Waals surface area contributed by atoms with E-state index in [1.54, 1.807) is 0 Å². The topological polar surface area (TPSA) is 26.0 Å². The standard InChI is InChI=1S/C12H18BrN/c1-4-8(2)12(14)10-6-5-7-11(13)9(10)3/h5-8,12H,4,14H2,1-3H3. The minimum atomic E-state index is 0.150. The first kappa shape index (κ1) is 11.7. The van der Waals surface area contributed by atoms with E-state index in [1.807, 2.05) is 0 Å². The highest BCUT2D eigenvalue weighted by atomic mass is 79.9. The van der Waals surface area contributed by atoms with Crippen molar-refractivity contribution in [3.05, 3.63) is 33.8 Å².